The molecule has 0 saturated carbocycles. The van der Waals surface area contributed by atoms with Gasteiger partial charge < -0.3 is 18.7 Å². The number of nitrogens with two attached hydrogens (primary N) is 1. The molecule has 1 nitrogen and oxygen atoms in total. The Balaban J connectivity index is 2.87. The summed E-state index contributed by atoms with van der Waals surface area (Å²) in [4.78, 5) is 0. The highest BCUT2D eigenvalue weighted by molar-refractivity contribution is 6.57. The molecule has 0 aliphatic rings. The summed E-state index contributed by atoms with van der Waals surface area (Å²) in [5, 5.41) is 0. The van der Waals surface area contributed by atoms with Gasteiger partial charge in [0.2, 0.25) is 0 Å². The normalized spacial score (nSPS) is 11.7. The van der Waals surface area contributed by atoms with Crippen LogP contribution in [0.4, 0.5) is 12.9 Å². The lowest BCUT2D eigenvalue weighted by Crippen LogP contribution is -2.20. The van der Waals surface area contributed by atoms with Crippen LogP contribution in [0.3, 0.4) is 0 Å². The van der Waals surface area contributed by atoms with Crippen LogP contribution in [0.15, 0.2) is 24.3 Å². The molecule has 1 rings (SSSR count). The molecule has 0 radical (unpaired) electrons. The fourth-order valence-electron chi connectivity index (χ4n) is 1.21. The van der Waals surface area contributed by atoms with Crippen molar-refractivity contribution in [3.63, 3.8) is 0 Å². The van der Waals surface area contributed by atoms with Crippen LogP contribution in [0.5, 0.6) is 0 Å². The highest BCUT2D eigenvalue weighted by Crippen LogP contribution is 2.18. The van der Waals surface area contributed by atoms with Gasteiger partial charge in [-0.25, -0.2) is 0 Å². The molecule has 1 aromatic carbocycles. The van der Waals surface area contributed by atoms with E-state index in [0.717, 1.165) is 0 Å². The molecule has 0 unspecified atom stereocenters. The van der Waals surface area contributed by atoms with Crippen LogP contribution in [0.2, 0.25) is 0 Å². The van der Waals surface area contributed by atoms with Gasteiger partial charge in [0, 0.05) is 6.54 Å². The molecule has 0 amide bonds. The molecule has 1 aromatic rings. The first-order chi connectivity index (χ1) is 6.03. The Bertz CT molecular complexity index is 285. The van der Waals surface area contributed by atoms with Gasteiger partial charge in [0.15, 0.2) is 0 Å². The standard InChI is InChI=1S/C8H10BF3N/c10-9(11,12)5-7-3-1-2-4-8(7)6-13/h1-4H,5-6,13H2/q-1. The van der Waals surface area contributed by atoms with Crippen molar-refractivity contribution in [2.24, 2.45) is 5.73 Å². The van der Waals surface area contributed by atoms with Crippen LogP contribution in [0, 0.1) is 0 Å². The third kappa shape index (κ3) is 3.10. The summed E-state index contributed by atoms with van der Waals surface area (Å²) < 4.78 is 36.2. The van der Waals surface area contributed by atoms with E-state index in [4.69, 9.17) is 5.73 Å². The lowest BCUT2D eigenvalue weighted by Gasteiger charge is -2.15. The summed E-state index contributed by atoms with van der Waals surface area (Å²) in [7, 11) is 0. The Morgan fingerprint density at radius 3 is 2.08 bits per heavy atom. The summed E-state index contributed by atoms with van der Waals surface area (Å²) in [6.45, 7) is -4.61. The first kappa shape index (κ1) is 10.1. The molecule has 0 fully saturated rings. The number of hydrogen-bond acceptors (Lipinski definition) is 1. The fourth-order valence-corrected chi connectivity index (χ4v) is 1.21. The van der Waals surface area contributed by atoms with Gasteiger partial charge in [0.05, 0.1) is 0 Å². The topological polar surface area (TPSA) is 26.0 Å². The molecule has 0 bridgehead atoms. The lowest BCUT2D eigenvalue weighted by molar-refractivity contribution is 0.468. The second-order valence-corrected chi connectivity index (χ2v) is 2.89. The van der Waals surface area contributed by atoms with E-state index in [0.29, 0.717) is 5.56 Å². The Labute approximate surface area is 74.8 Å². The van der Waals surface area contributed by atoms with Crippen LogP contribution in [-0.2, 0) is 12.9 Å². The van der Waals surface area contributed by atoms with Gasteiger partial charge in [-0.1, -0.05) is 36.1 Å². The maximum Gasteiger partial charge on any atom is 0.482 e. The minimum atomic E-state index is -4.76. The number of halogens is 3. The molecule has 13 heavy (non-hydrogen) atoms. The lowest BCUT2D eigenvalue weighted by atomic mass is 9.80. The van der Waals surface area contributed by atoms with E-state index in [1.54, 1.807) is 18.2 Å². The van der Waals surface area contributed by atoms with Gasteiger partial charge in [0.1, 0.15) is 0 Å². The first-order valence-corrected chi connectivity index (χ1v) is 4.01. The van der Waals surface area contributed by atoms with Gasteiger partial charge >= 0.3 is 6.98 Å². The second-order valence-electron chi connectivity index (χ2n) is 2.89. The fraction of sp³-hybridized carbons (Fsp3) is 0.250. The van der Waals surface area contributed by atoms with Gasteiger partial charge in [-0.05, 0) is 5.56 Å². The Morgan fingerprint density at radius 2 is 1.62 bits per heavy atom. The van der Waals surface area contributed by atoms with Crippen LogP contribution in [0.1, 0.15) is 11.1 Å². The minimum Gasteiger partial charge on any atom is -0.449 e. The third-order valence-electron chi connectivity index (χ3n) is 1.79. The Hall–Kier alpha value is -0.965. The van der Waals surface area contributed by atoms with Crippen molar-refractivity contribution in [2.75, 3.05) is 0 Å². The average molecular weight is 188 g/mol. The molecule has 2 N–H and O–H groups in total. The van der Waals surface area contributed by atoms with Gasteiger partial charge in [-0.3, -0.25) is 0 Å². The van der Waals surface area contributed by atoms with Crippen molar-refractivity contribution in [1.29, 1.82) is 0 Å². The molecule has 0 aliphatic carbocycles. The van der Waals surface area contributed by atoms with Crippen LogP contribution in [0.25, 0.3) is 0 Å². The van der Waals surface area contributed by atoms with E-state index in [9.17, 15) is 12.9 Å². The zero-order valence-electron chi connectivity index (χ0n) is 7.01. The van der Waals surface area contributed by atoms with Crippen LogP contribution < -0.4 is 5.73 Å². The predicted octanol–water partition coefficient (Wildman–Crippen LogP) is 2.07. The minimum absolute atomic E-state index is 0.155. The van der Waals surface area contributed by atoms with E-state index in [2.05, 4.69) is 0 Å². The van der Waals surface area contributed by atoms with Crippen LogP contribution in [-0.4, -0.2) is 6.98 Å². The molecule has 0 spiro atoms. The largest absolute Gasteiger partial charge is 0.482 e. The van der Waals surface area contributed by atoms with Crippen molar-refractivity contribution in [3.8, 4) is 0 Å². The van der Waals surface area contributed by atoms with E-state index < -0.39 is 13.3 Å². The molecule has 5 heteroatoms. The molecule has 0 heterocycles. The van der Waals surface area contributed by atoms with Crippen molar-refractivity contribution >= 4 is 6.98 Å². The van der Waals surface area contributed by atoms with Crippen molar-refractivity contribution < 1.29 is 12.9 Å². The monoisotopic (exact) mass is 188 g/mol. The summed E-state index contributed by atoms with van der Waals surface area (Å²) in [6.07, 6.45) is -0.840. The molecular weight excluding hydrogens is 178 g/mol. The van der Waals surface area contributed by atoms with E-state index in [1.807, 2.05) is 0 Å². The highest BCUT2D eigenvalue weighted by Gasteiger charge is 2.23. The number of benzene rings is 1. The van der Waals surface area contributed by atoms with Crippen molar-refractivity contribution in [2.45, 2.75) is 12.9 Å². The van der Waals surface area contributed by atoms with E-state index in [-0.39, 0.29) is 12.1 Å². The Kier molecular flexibility index (Phi) is 2.98. The highest BCUT2D eigenvalue weighted by atomic mass is 19.4. The maximum atomic E-state index is 12.1. The molecule has 0 saturated heterocycles. The molecule has 0 aromatic heterocycles. The summed E-state index contributed by atoms with van der Waals surface area (Å²) >= 11 is 0. The van der Waals surface area contributed by atoms with Gasteiger partial charge in [-0.2, -0.15) is 0 Å². The van der Waals surface area contributed by atoms with E-state index in [1.165, 1.54) is 6.07 Å². The van der Waals surface area contributed by atoms with Crippen molar-refractivity contribution in [3.05, 3.63) is 35.4 Å². The maximum absolute atomic E-state index is 12.1. The SMILES string of the molecule is NCc1ccccc1C[B-](F)(F)F. The van der Waals surface area contributed by atoms with E-state index >= 15 is 0 Å². The molecular formula is C8H10BF3N-. The molecule has 0 aliphatic heterocycles. The molecule has 72 valence electrons. The number of rotatable bonds is 3. The third-order valence-corrected chi connectivity index (χ3v) is 1.79. The second kappa shape index (κ2) is 3.83. The quantitative estimate of drug-likeness (QED) is 0.721. The number of hydrogen-bond donors (Lipinski definition) is 1. The average Bonchev–Trinajstić information content (AvgIpc) is 2.02. The predicted molar refractivity (Wildman–Crippen MR) is 47.1 cm³/mol. The van der Waals surface area contributed by atoms with Crippen LogP contribution >= 0.6 is 0 Å². The summed E-state index contributed by atoms with van der Waals surface area (Å²) in [6, 6.07) is 6.37. The van der Waals surface area contributed by atoms with Gasteiger partial charge in [0.25, 0.3) is 0 Å². The zero-order chi connectivity index (χ0) is 9.90. The molecule has 0 atom stereocenters. The summed E-state index contributed by atoms with van der Waals surface area (Å²) in [5.41, 5.74) is 6.17. The zero-order valence-corrected chi connectivity index (χ0v) is 7.01. The van der Waals surface area contributed by atoms with Crippen molar-refractivity contribution in [1.82, 2.24) is 0 Å². The van der Waals surface area contributed by atoms with Gasteiger partial charge in [-0.15, -0.1) is 0 Å². The smallest absolute Gasteiger partial charge is 0.449 e. The Morgan fingerprint density at radius 1 is 1.08 bits per heavy atom. The summed E-state index contributed by atoms with van der Waals surface area (Å²) in [5.74, 6) is 0. The first-order valence-electron chi connectivity index (χ1n) is 4.01.